The standard InChI is InChI=1S/C18H15N3O3S/c1-11-4-3-5-14(10-11)20-18(22)17-16(19-12(2)25-17)13-6-8-15(9-7-13)21(23)24/h3-10H,1-2H3,(H,20,22). The van der Waals surface area contributed by atoms with Gasteiger partial charge in [0.05, 0.1) is 15.6 Å². The number of amides is 1. The van der Waals surface area contributed by atoms with Gasteiger partial charge >= 0.3 is 0 Å². The number of nitrogens with zero attached hydrogens (tertiary/aromatic N) is 2. The van der Waals surface area contributed by atoms with Crippen molar-refractivity contribution in [3.63, 3.8) is 0 Å². The van der Waals surface area contributed by atoms with Gasteiger partial charge in [-0.25, -0.2) is 4.98 Å². The summed E-state index contributed by atoms with van der Waals surface area (Å²) in [6.45, 7) is 3.78. The van der Waals surface area contributed by atoms with Crippen molar-refractivity contribution >= 4 is 28.6 Å². The van der Waals surface area contributed by atoms with Crippen LogP contribution in [0.15, 0.2) is 48.5 Å². The topological polar surface area (TPSA) is 85.1 Å². The van der Waals surface area contributed by atoms with E-state index < -0.39 is 4.92 Å². The monoisotopic (exact) mass is 353 g/mol. The van der Waals surface area contributed by atoms with E-state index in [1.807, 2.05) is 38.1 Å². The molecule has 0 atom stereocenters. The fourth-order valence-electron chi connectivity index (χ4n) is 2.43. The third-order valence-electron chi connectivity index (χ3n) is 3.57. The van der Waals surface area contributed by atoms with Gasteiger partial charge in [-0.05, 0) is 43.7 Å². The molecule has 0 aliphatic carbocycles. The predicted octanol–water partition coefficient (Wildman–Crippen LogP) is 4.59. The minimum absolute atomic E-state index is 0.00136. The molecule has 0 aliphatic heterocycles. The van der Waals surface area contributed by atoms with E-state index in [4.69, 9.17) is 0 Å². The second-order valence-electron chi connectivity index (χ2n) is 5.54. The lowest BCUT2D eigenvalue weighted by Crippen LogP contribution is -2.11. The van der Waals surface area contributed by atoms with Gasteiger partial charge in [0.2, 0.25) is 0 Å². The Morgan fingerprint density at radius 2 is 1.88 bits per heavy atom. The molecule has 6 nitrogen and oxygen atoms in total. The van der Waals surface area contributed by atoms with Crippen LogP contribution in [-0.2, 0) is 0 Å². The van der Waals surface area contributed by atoms with E-state index in [-0.39, 0.29) is 11.6 Å². The predicted molar refractivity (Wildman–Crippen MR) is 98.1 cm³/mol. The summed E-state index contributed by atoms with van der Waals surface area (Å²) >= 11 is 1.29. The van der Waals surface area contributed by atoms with Gasteiger partial charge in [0.1, 0.15) is 4.88 Å². The number of nitro groups is 1. The largest absolute Gasteiger partial charge is 0.321 e. The molecule has 1 N–H and O–H groups in total. The summed E-state index contributed by atoms with van der Waals surface area (Å²) in [4.78, 5) is 27.9. The second kappa shape index (κ2) is 6.82. The van der Waals surface area contributed by atoms with Crippen molar-refractivity contribution in [2.45, 2.75) is 13.8 Å². The van der Waals surface area contributed by atoms with Crippen LogP contribution in [0.5, 0.6) is 0 Å². The molecule has 0 spiro atoms. The summed E-state index contributed by atoms with van der Waals surface area (Å²) in [5.41, 5.74) is 2.97. The summed E-state index contributed by atoms with van der Waals surface area (Å²) in [7, 11) is 0. The van der Waals surface area contributed by atoms with Crippen LogP contribution in [0.3, 0.4) is 0 Å². The molecule has 7 heteroatoms. The maximum Gasteiger partial charge on any atom is 0.269 e. The highest BCUT2D eigenvalue weighted by Crippen LogP contribution is 2.30. The number of aromatic nitrogens is 1. The lowest BCUT2D eigenvalue weighted by Gasteiger charge is -2.06. The molecule has 0 unspecified atom stereocenters. The number of aryl methyl sites for hydroxylation is 2. The van der Waals surface area contributed by atoms with Crippen LogP contribution in [0.2, 0.25) is 0 Å². The van der Waals surface area contributed by atoms with Gasteiger partial charge < -0.3 is 5.32 Å². The Kier molecular flexibility index (Phi) is 4.58. The first-order valence-electron chi connectivity index (χ1n) is 7.54. The van der Waals surface area contributed by atoms with E-state index in [9.17, 15) is 14.9 Å². The summed E-state index contributed by atoms with van der Waals surface area (Å²) in [5, 5.41) is 14.4. The minimum atomic E-state index is -0.457. The Morgan fingerprint density at radius 1 is 1.16 bits per heavy atom. The minimum Gasteiger partial charge on any atom is -0.321 e. The van der Waals surface area contributed by atoms with Gasteiger partial charge in [0.15, 0.2) is 0 Å². The molecule has 1 aromatic heterocycles. The number of carbonyl (C=O) groups excluding carboxylic acids is 1. The van der Waals surface area contributed by atoms with Crippen molar-refractivity contribution in [3.8, 4) is 11.3 Å². The van der Waals surface area contributed by atoms with E-state index in [1.165, 1.54) is 23.5 Å². The number of rotatable bonds is 4. The molecule has 1 heterocycles. The third kappa shape index (κ3) is 3.72. The smallest absolute Gasteiger partial charge is 0.269 e. The van der Waals surface area contributed by atoms with E-state index in [1.54, 1.807) is 12.1 Å². The Balaban J connectivity index is 1.92. The van der Waals surface area contributed by atoms with E-state index in [0.29, 0.717) is 21.8 Å². The van der Waals surface area contributed by atoms with E-state index in [2.05, 4.69) is 10.3 Å². The number of nitrogens with one attached hydrogen (secondary N) is 1. The Bertz CT molecular complexity index is 948. The van der Waals surface area contributed by atoms with Gasteiger partial charge in [-0.3, -0.25) is 14.9 Å². The van der Waals surface area contributed by atoms with Crippen molar-refractivity contribution in [2.75, 3.05) is 5.32 Å². The molecule has 25 heavy (non-hydrogen) atoms. The van der Waals surface area contributed by atoms with Crippen molar-refractivity contribution in [1.29, 1.82) is 0 Å². The van der Waals surface area contributed by atoms with Crippen LogP contribution < -0.4 is 5.32 Å². The van der Waals surface area contributed by atoms with Crippen molar-refractivity contribution < 1.29 is 9.72 Å². The van der Waals surface area contributed by atoms with Crippen LogP contribution in [0.1, 0.15) is 20.2 Å². The first-order chi connectivity index (χ1) is 11.9. The van der Waals surface area contributed by atoms with E-state index in [0.717, 1.165) is 10.6 Å². The molecule has 0 bridgehead atoms. The summed E-state index contributed by atoms with van der Waals surface area (Å²) in [6.07, 6.45) is 0. The zero-order valence-electron chi connectivity index (χ0n) is 13.6. The first-order valence-corrected chi connectivity index (χ1v) is 8.36. The average Bonchev–Trinajstić information content (AvgIpc) is 2.97. The molecule has 126 valence electrons. The van der Waals surface area contributed by atoms with Gasteiger partial charge in [-0.15, -0.1) is 11.3 Å². The molecule has 1 amide bonds. The van der Waals surface area contributed by atoms with Crippen LogP contribution in [0.4, 0.5) is 11.4 Å². The van der Waals surface area contributed by atoms with Gasteiger partial charge in [0, 0.05) is 23.4 Å². The first kappa shape index (κ1) is 16.8. The van der Waals surface area contributed by atoms with Gasteiger partial charge in [0.25, 0.3) is 11.6 Å². The Labute approximate surface area is 148 Å². The SMILES string of the molecule is Cc1cccc(NC(=O)c2sc(C)nc2-c2ccc([N+](=O)[O-])cc2)c1. The maximum absolute atomic E-state index is 12.7. The lowest BCUT2D eigenvalue weighted by molar-refractivity contribution is -0.384. The average molecular weight is 353 g/mol. The Hall–Kier alpha value is -3.06. The molecule has 0 aliphatic rings. The van der Waals surface area contributed by atoms with Crippen LogP contribution >= 0.6 is 11.3 Å². The van der Waals surface area contributed by atoms with Crippen molar-refractivity contribution in [2.24, 2.45) is 0 Å². The van der Waals surface area contributed by atoms with Gasteiger partial charge in [-0.2, -0.15) is 0 Å². The zero-order chi connectivity index (χ0) is 18.0. The molecule has 3 aromatic rings. The number of non-ortho nitro benzene ring substituents is 1. The number of nitro benzene ring substituents is 1. The number of anilines is 1. The van der Waals surface area contributed by atoms with Crippen molar-refractivity contribution in [3.05, 3.63) is 74.1 Å². The molecule has 0 saturated heterocycles. The highest BCUT2D eigenvalue weighted by atomic mass is 32.1. The van der Waals surface area contributed by atoms with Crippen LogP contribution in [0, 0.1) is 24.0 Å². The molecule has 0 fully saturated rings. The fraction of sp³-hybridized carbons (Fsp3) is 0.111. The Morgan fingerprint density at radius 3 is 2.52 bits per heavy atom. The van der Waals surface area contributed by atoms with Crippen molar-refractivity contribution in [1.82, 2.24) is 4.98 Å². The normalized spacial score (nSPS) is 10.5. The quantitative estimate of drug-likeness (QED) is 0.549. The number of benzene rings is 2. The second-order valence-corrected chi connectivity index (χ2v) is 6.74. The molecular weight excluding hydrogens is 338 g/mol. The summed E-state index contributed by atoms with van der Waals surface area (Å²) in [5.74, 6) is -0.246. The highest BCUT2D eigenvalue weighted by molar-refractivity contribution is 7.14. The van der Waals surface area contributed by atoms with Gasteiger partial charge in [-0.1, -0.05) is 12.1 Å². The lowest BCUT2D eigenvalue weighted by atomic mass is 10.1. The number of thiazole rings is 1. The van der Waals surface area contributed by atoms with Crippen LogP contribution in [-0.4, -0.2) is 15.8 Å². The molecule has 2 aromatic carbocycles. The number of hydrogen-bond acceptors (Lipinski definition) is 5. The van der Waals surface area contributed by atoms with Crippen LogP contribution in [0.25, 0.3) is 11.3 Å². The zero-order valence-corrected chi connectivity index (χ0v) is 14.5. The highest BCUT2D eigenvalue weighted by Gasteiger charge is 2.19. The number of hydrogen-bond donors (Lipinski definition) is 1. The molecule has 3 rings (SSSR count). The molecule has 0 radical (unpaired) electrons. The molecule has 0 saturated carbocycles. The summed E-state index contributed by atoms with van der Waals surface area (Å²) < 4.78 is 0. The maximum atomic E-state index is 12.7. The summed E-state index contributed by atoms with van der Waals surface area (Å²) in [6, 6.07) is 13.6. The number of carbonyl (C=O) groups is 1. The third-order valence-corrected chi connectivity index (χ3v) is 4.54. The van der Waals surface area contributed by atoms with E-state index >= 15 is 0 Å². The fourth-order valence-corrected chi connectivity index (χ4v) is 3.26. The molecular formula is C18H15N3O3S.